The lowest BCUT2D eigenvalue weighted by Crippen LogP contribution is -2.30. The summed E-state index contributed by atoms with van der Waals surface area (Å²) in [5.74, 6) is 0.708. The zero-order valence-electron chi connectivity index (χ0n) is 13.4. The smallest absolute Gasteiger partial charge is 0.264 e. The van der Waals surface area contributed by atoms with E-state index < -0.39 is 6.98 Å². The minimum atomic E-state index is -2.26. The van der Waals surface area contributed by atoms with Crippen LogP contribution in [0.5, 0.6) is 0 Å². The van der Waals surface area contributed by atoms with Crippen molar-refractivity contribution in [2.45, 2.75) is 6.54 Å². The molecular weight excluding hydrogens is 268 g/mol. The molecule has 0 aliphatic carbocycles. The van der Waals surface area contributed by atoms with Gasteiger partial charge in [0, 0.05) is 35.1 Å². The van der Waals surface area contributed by atoms with E-state index in [9.17, 15) is 0 Å². The first-order chi connectivity index (χ1) is 11.1. The standard InChI is InChI=1S/C15H11N4S/c1-18-13-11-7-17-5-3-12(11)20-15(13)19-8-9-2-4-16-6-10(9)14(18)19/h2-7H,8H2,1H3/q+1/i1D3. The highest BCUT2D eigenvalue weighted by molar-refractivity contribution is 7.25. The van der Waals surface area contributed by atoms with Gasteiger partial charge in [-0.3, -0.25) is 9.97 Å². The minimum Gasteiger partial charge on any atom is -0.264 e. The molecule has 5 rings (SSSR count). The molecule has 1 aliphatic rings. The molecule has 4 aromatic heterocycles. The van der Waals surface area contributed by atoms with Gasteiger partial charge in [0.15, 0.2) is 5.52 Å². The molecule has 0 bridgehead atoms. The van der Waals surface area contributed by atoms with E-state index in [4.69, 9.17) is 4.11 Å². The number of pyridine rings is 2. The Balaban J connectivity index is 2.01. The van der Waals surface area contributed by atoms with Crippen LogP contribution in [-0.2, 0) is 13.5 Å². The summed E-state index contributed by atoms with van der Waals surface area (Å²) in [7, 11) is 0. The van der Waals surface area contributed by atoms with Gasteiger partial charge in [0.1, 0.15) is 6.54 Å². The maximum Gasteiger partial charge on any atom is 0.292 e. The molecule has 0 aromatic carbocycles. The van der Waals surface area contributed by atoms with Gasteiger partial charge in [0.2, 0.25) is 4.83 Å². The number of imidazole rings is 1. The molecule has 0 unspecified atom stereocenters. The van der Waals surface area contributed by atoms with Gasteiger partial charge >= 0.3 is 0 Å². The monoisotopic (exact) mass is 282 g/mol. The molecule has 0 N–H and O–H groups in total. The quantitative estimate of drug-likeness (QED) is 0.409. The van der Waals surface area contributed by atoms with Gasteiger partial charge in [-0.2, -0.15) is 0 Å². The van der Waals surface area contributed by atoms with Gasteiger partial charge in [-0.15, -0.1) is 0 Å². The van der Waals surface area contributed by atoms with Crippen LogP contribution in [0.25, 0.3) is 31.8 Å². The molecule has 0 saturated carbocycles. The Morgan fingerprint density at radius 3 is 3.15 bits per heavy atom. The van der Waals surface area contributed by atoms with E-state index in [-0.39, 0.29) is 0 Å². The lowest BCUT2D eigenvalue weighted by Gasteiger charge is -1.94. The Morgan fingerprint density at radius 1 is 1.30 bits per heavy atom. The van der Waals surface area contributed by atoms with Crippen LogP contribution in [-0.4, -0.2) is 14.5 Å². The minimum absolute atomic E-state index is 0.674. The highest BCUT2D eigenvalue weighted by Gasteiger charge is 2.34. The summed E-state index contributed by atoms with van der Waals surface area (Å²) in [5, 5.41) is 0.885. The van der Waals surface area contributed by atoms with Gasteiger partial charge in [0.25, 0.3) is 5.82 Å². The average molecular weight is 282 g/mol. The first kappa shape index (κ1) is 8.11. The Morgan fingerprint density at radius 2 is 2.20 bits per heavy atom. The zero-order valence-corrected chi connectivity index (χ0v) is 11.2. The van der Waals surface area contributed by atoms with Crippen molar-refractivity contribution in [3.8, 4) is 11.4 Å². The van der Waals surface area contributed by atoms with Crippen LogP contribution in [0.1, 0.15) is 9.68 Å². The number of aryl methyl sites for hydroxylation is 1. The largest absolute Gasteiger partial charge is 0.292 e. The second kappa shape index (κ2) is 3.43. The molecule has 20 heavy (non-hydrogen) atoms. The highest BCUT2D eigenvalue weighted by atomic mass is 32.1. The van der Waals surface area contributed by atoms with Crippen molar-refractivity contribution in [1.29, 1.82) is 0 Å². The van der Waals surface area contributed by atoms with Gasteiger partial charge in [0.05, 0.1) is 22.0 Å². The van der Waals surface area contributed by atoms with E-state index in [1.54, 1.807) is 36.1 Å². The van der Waals surface area contributed by atoms with Crippen molar-refractivity contribution in [3.05, 3.63) is 42.5 Å². The van der Waals surface area contributed by atoms with Crippen LogP contribution in [0.15, 0.2) is 36.9 Å². The third kappa shape index (κ3) is 1.10. The molecule has 0 fully saturated rings. The second-order valence-electron chi connectivity index (χ2n) is 4.91. The molecule has 0 atom stereocenters. The van der Waals surface area contributed by atoms with Crippen LogP contribution < -0.4 is 4.57 Å². The molecular formula is C15H11N4S+. The maximum absolute atomic E-state index is 8.04. The molecule has 96 valence electrons. The van der Waals surface area contributed by atoms with Crippen LogP contribution in [0, 0.1) is 0 Å². The van der Waals surface area contributed by atoms with Crippen molar-refractivity contribution in [1.82, 2.24) is 14.5 Å². The predicted octanol–water partition coefficient (Wildman–Crippen LogP) is 2.50. The molecule has 1 aliphatic heterocycles. The number of aromatic nitrogens is 4. The highest BCUT2D eigenvalue weighted by Crippen LogP contribution is 2.37. The number of fused-ring (bicyclic) bond motifs is 7. The summed E-state index contributed by atoms with van der Waals surface area (Å²) < 4.78 is 28.7. The van der Waals surface area contributed by atoms with E-state index in [0.29, 0.717) is 12.4 Å². The molecule has 5 heterocycles. The molecule has 4 aromatic rings. The lowest BCUT2D eigenvalue weighted by atomic mass is 10.2. The summed E-state index contributed by atoms with van der Waals surface area (Å²) in [4.78, 5) is 9.32. The van der Waals surface area contributed by atoms with Crippen molar-refractivity contribution in [2.75, 3.05) is 0 Å². The summed E-state index contributed by atoms with van der Waals surface area (Å²) in [6.07, 6.45) is 6.98. The molecule has 0 saturated heterocycles. The number of thiophene rings is 1. The number of hydrogen-bond acceptors (Lipinski definition) is 3. The fourth-order valence-corrected chi connectivity index (χ4v) is 4.14. The second-order valence-corrected chi connectivity index (χ2v) is 5.94. The van der Waals surface area contributed by atoms with Crippen molar-refractivity contribution < 1.29 is 8.68 Å². The third-order valence-electron chi connectivity index (χ3n) is 3.86. The Hall–Kier alpha value is -2.27. The Bertz CT molecular complexity index is 1090. The van der Waals surface area contributed by atoms with Crippen LogP contribution in [0.3, 0.4) is 0 Å². The summed E-state index contributed by atoms with van der Waals surface area (Å²) in [6.45, 7) is -1.59. The fraction of sp³-hybridized carbons (Fsp3) is 0.133. The molecule has 4 nitrogen and oxygen atoms in total. The lowest BCUT2D eigenvalue weighted by molar-refractivity contribution is -0.644. The third-order valence-corrected chi connectivity index (χ3v) is 5.05. The maximum atomic E-state index is 8.04. The van der Waals surface area contributed by atoms with E-state index >= 15 is 0 Å². The van der Waals surface area contributed by atoms with E-state index in [2.05, 4.69) is 14.5 Å². The zero-order chi connectivity index (χ0) is 15.8. The van der Waals surface area contributed by atoms with Gasteiger partial charge in [-0.05, 0) is 12.1 Å². The van der Waals surface area contributed by atoms with Crippen molar-refractivity contribution in [2.24, 2.45) is 6.98 Å². The van der Waals surface area contributed by atoms with Crippen LogP contribution in [0.4, 0.5) is 0 Å². The molecule has 0 amide bonds. The topological polar surface area (TPSA) is 34.6 Å². The van der Waals surface area contributed by atoms with Crippen molar-refractivity contribution >= 4 is 31.8 Å². The summed E-state index contributed by atoms with van der Waals surface area (Å²) >= 11 is 1.61. The Labute approximate surface area is 123 Å². The number of nitrogens with zero attached hydrogens (tertiary/aromatic N) is 4. The average Bonchev–Trinajstić information content (AvgIpc) is 3.13. The SMILES string of the molecule is [2H]C([2H])([2H])n1c2[n+](c3sc4ccncc4c31)Cc1ccncc1-2. The molecule has 0 spiro atoms. The van der Waals surface area contributed by atoms with Crippen LogP contribution in [0.2, 0.25) is 0 Å². The summed E-state index contributed by atoms with van der Waals surface area (Å²) in [5.41, 5.74) is 2.73. The van der Waals surface area contributed by atoms with Gasteiger partial charge in [-0.1, -0.05) is 11.3 Å². The normalized spacial score (nSPS) is 15.9. The van der Waals surface area contributed by atoms with E-state index in [0.717, 1.165) is 31.6 Å². The van der Waals surface area contributed by atoms with Gasteiger partial charge in [-0.25, -0.2) is 9.13 Å². The molecule has 5 heteroatoms. The van der Waals surface area contributed by atoms with Gasteiger partial charge < -0.3 is 0 Å². The summed E-state index contributed by atoms with van der Waals surface area (Å²) in [6, 6.07) is 3.88. The van der Waals surface area contributed by atoms with E-state index in [1.807, 2.05) is 12.1 Å². The fourth-order valence-electron chi connectivity index (χ4n) is 2.98. The van der Waals surface area contributed by atoms with E-state index in [1.165, 1.54) is 4.57 Å². The Kier molecular flexibility index (Phi) is 1.39. The first-order valence-electron chi connectivity index (χ1n) is 7.80. The number of rotatable bonds is 0. The predicted molar refractivity (Wildman–Crippen MR) is 78.6 cm³/mol. The van der Waals surface area contributed by atoms with Crippen molar-refractivity contribution in [3.63, 3.8) is 0 Å². The van der Waals surface area contributed by atoms with Crippen LogP contribution >= 0.6 is 11.3 Å². The number of hydrogen-bond donors (Lipinski definition) is 0. The first-order valence-corrected chi connectivity index (χ1v) is 7.12. The molecule has 0 radical (unpaired) electrons.